The Kier molecular flexibility index (Phi) is 9.51. The summed E-state index contributed by atoms with van der Waals surface area (Å²) in [7, 11) is 1.99. The lowest BCUT2D eigenvalue weighted by atomic mass is 10.0. The number of hydrogen-bond donors (Lipinski definition) is 0. The number of morpholine rings is 1. The third-order valence-corrected chi connectivity index (χ3v) is 8.68. The van der Waals surface area contributed by atoms with Gasteiger partial charge in [-0.25, -0.2) is 13.6 Å². The number of nitrogens with zero attached hydrogens (tertiary/aromatic N) is 7. The Balaban J connectivity index is 1.42. The van der Waals surface area contributed by atoms with Crippen molar-refractivity contribution in [3.63, 3.8) is 0 Å². The highest BCUT2D eigenvalue weighted by Crippen LogP contribution is 2.38. The summed E-state index contributed by atoms with van der Waals surface area (Å²) in [5.41, 5.74) is -0.529. The standard InChI is InChI=1S/C34H36ClF2N7O4/c1-34(2,3)48-33(45)44-13-12-43(17-21(44)10-11-38)31-24-16-39-29(23-7-5-6-20-8-9-25(36)27(35)26(20)23)28(37)30(24)40-32(41-31)47-19-22-18-42(4)14-15-46-22/h5-9,16,21-22H,10,12-15,17-19H2,1-4H3/t21-,22+/m0/s1. The summed E-state index contributed by atoms with van der Waals surface area (Å²) in [6.45, 7) is 8.24. The van der Waals surface area contributed by atoms with Gasteiger partial charge in [-0.2, -0.15) is 15.2 Å². The summed E-state index contributed by atoms with van der Waals surface area (Å²) in [4.78, 5) is 32.3. The second kappa shape index (κ2) is 13.6. The molecule has 4 aromatic rings. The predicted molar refractivity (Wildman–Crippen MR) is 177 cm³/mol. The number of anilines is 1. The van der Waals surface area contributed by atoms with Crippen LogP contribution >= 0.6 is 11.6 Å². The Morgan fingerprint density at radius 1 is 1.15 bits per heavy atom. The number of benzene rings is 2. The number of rotatable bonds is 6. The second-order valence-corrected chi connectivity index (χ2v) is 13.4. The van der Waals surface area contributed by atoms with Gasteiger partial charge in [-0.3, -0.25) is 4.98 Å². The maximum absolute atomic E-state index is 16.7. The van der Waals surface area contributed by atoms with Crippen molar-refractivity contribution in [2.75, 3.05) is 57.9 Å². The maximum Gasteiger partial charge on any atom is 0.410 e. The van der Waals surface area contributed by atoms with E-state index in [9.17, 15) is 14.4 Å². The first kappa shape index (κ1) is 33.5. The molecule has 0 N–H and O–H groups in total. The quantitative estimate of drug-likeness (QED) is 0.247. The number of piperazine rings is 1. The fraction of sp³-hybridized carbons (Fsp3) is 0.441. The van der Waals surface area contributed by atoms with Crippen LogP contribution in [0.15, 0.2) is 36.5 Å². The molecule has 0 unspecified atom stereocenters. The largest absolute Gasteiger partial charge is 0.461 e. The number of hydrogen-bond acceptors (Lipinski definition) is 10. The molecule has 0 aliphatic carbocycles. The molecule has 2 saturated heterocycles. The van der Waals surface area contributed by atoms with Crippen LogP contribution in [0.25, 0.3) is 32.9 Å². The summed E-state index contributed by atoms with van der Waals surface area (Å²) in [5.74, 6) is -1.06. The van der Waals surface area contributed by atoms with Crippen LogP contribution < -0.4 is 9.64 Å². The third kappa shape index (κ3) is 6.92. The minimum atomic E-state index is -0.761. The zero-order valence-electron chi connectivity index (χ0n) is 27.2. The van der Waals surface area contributed by atoms with Gasteiger partial charge in [0.15, 0.2) is 5.82 Å². The number of amides is 1. The van der Waals surface area contributed by atoms with E-state index in [2.05, 4.69) is 20.9 Å². The highest BCUT2D eigenvalue weighted by atomic mass is 35.5. The van der Waals surface area contributed by atoms with E-state index in [1.165, 1.54) is 12.3 Å². The van der Waals surface area contributed by atoms with Crippen molar-refractivity contribution < 1.29 is 27.8 Å². The zero-order valence-corrected chi connectivity index (χ0v) is 27.9. The lowest BCUT2D eigenvalue weighted by Crippen LogP contribution is -2.56. The minimum absolute atomic E-state index is 0.0454. The molecule has 1 amide bonds. The number of carbonyl (C=O) groups is 1. The SMILES string of the molecule is CN1CCO[C@@H](COc2nc(N3CCN(C(=O)OC(C)(C)C)[C@@H](CC#N)C3)c3cnc(-c4cccc5ccc(F)c(Cl)c45)c(F)c3n2)C1. The molecule has 2 aliphatic heterocycles. The molecule has 2 atom stereocenters. The smallest absolute Gasteiger partial charge is 0.410 e. The maximum atomic E-state index is 16.7. The number of nitriles is 1. The molecular weight excluding hydrogens is 644 g/mol. The van der Waals surface area contributed by atoms with E-state index >= 15 is 4.39 Å². The number of halogens is 3. The number of aromatic nitrogens is 3. The van der Waals surface area contributed by atoms with Crippen LogP contribution in [0.5, 0.6) is 6.01 Å². The molecule has 4 heterocycles. The van der Waals surface area contributed by atoms with E-state index in [-0.39, 0.29) is 54.5 Å². The van der Waals surface area contributed by atoms with Gasteiger partial charge < -0.3 is 28.9 Å². The van der Waals surface area contributed by atoms with Crippen molar-refractivity contribution in [2.24, 2.45) is 0 Å². The van der Waals surface area contributed by atoms with Crippen LogP contribution in [0.2, 0.25) is 5.02 Å². The van der Waals surface area contributed by atoms with E-state index < -0.39 is 29.4 Å². The highest BCUT2D eigenvalue weighted by Gasteiger charge is 2.35. The van der Waals surface area contributed by atoms with E-state index in [1.54, 1.807) is 49.9 Å². The first-order valence-corrected chi connectivity index (χ1v) is 16.1. The molecule has 2 aliphatic rings. The molecule has 2 aromatic carbocycles. The molecule has 252 valence electrons. The van der Waals surface area contributed by atoms with Crippen molar-refractivity contribution in [1.29, 1.82) is 5.26 Å². The van der Waals surface area contributed by atoms with Crippen LogP contribution in [0, 0.1) is 23.0 Å². The topological polar surface area (TPSA) is 117 Å². The average Bonchev–Trinajstić information content (AvgIpc) is 3.05. The number of carbonyl (C=O) groups excluding carboxylic acids is 1. The lowest BCUT2D eigenvalue weighted by Gasteiger charge is -2.41. The zero-order chi connectivity index (χ0) is 34.2. The summed E-state index contributed by atoms with van der Waals surface area (Å²) in [6, 6.07) is 9.51. The average molecular weight is 680 g/mol. The molecule has 2 fully saturated rings. The van der Waals surface area contributed by atoms with Crippen molar-refractivity contribution in [1.82, 2.24) is 24.8 Å². The molecule has 0 saturated carbocycles. The Morgan fingerprint density at radius 2 is 1.96 bits per heavy atom. The van der Waals surface area contributed by atoms with Gasteiger partial charge in [-0.05, 0) is 39.3 Å². The molecule has 48 heavy (non-hydrogen) atoms. The van der Waals surface area contributed by atoms with Crippen LogP contribution in [0.4, 0.5) is 19.4 Å². The summed E-state index contributed by atoms with van der Waals surface area (Å²) in [5, 5.41) is 10.7. The van der Waals surface area contributed by atoms with Gasteiger partial charge in [0, 0.05) is 49.9 Å². The van der Waals surface area contributed by atoms with Crippen LogP contribution in [-0.4, -0.2) is 102 Å². The molecule has 11 nitrogen and oxygen atoms in total. The van der Waals surface area contributed by atoms with Crippen molar-refractivity contribution in [3.8, 4) is 23.3 Å². The van der Waals surface area contributed by atoms with Gasteiger partial charge in [0.1, 0.15) is 41.2 Å². The Labute approximate surface area is 282 Å². The fourth-order valence-electron chi connectivity index (χ4n) is 6.05. The molecule has 14 heteroatoms. The molecule has 0 bridgehead atoms. The molecule has 6 rings (SSSR count). The van der Waals surface area contributed by atoms with E-state index in [4.69, 9.17) is 30.8 Å². The van der Waals surface area contributed by atoms with Gasteiger partial charge in [-0.1, -0.05) is 35.9 Å². The number of likely N-dealkylation sites (N-methyl/N-ethyl adjacent to an activating group) is 1. The van der Waals surface area contributed by atoms with Crippen LogP contribution in [0.1, 0.15) is 27.2 Å². The second-order valence-electron chi connectivity index (χ2n) is 13.0. The van der Waals surface area contributed by atoms with Crippen LogP contribution in [0.3, 0.4) is 0 Å². The summed E-state index contributed by atoms with van der Waals surface area (Å²) < 4.78 is 48.7. The Bertz CT molecular complexity index is 1900. The van der Waals surface area contributed by atoms with Crippen molar-refractivity contribution in [3.05, 3.63) is 53.2 Å². The van der Waals surface area contributed by atoms with Crippen molar-refractivity contribution >= 4 is 45.2 Å². The van der Waals surface area contributed by atoms with Gasteiger partial charge in [0.05, 0.1) is 35.5 Å². The van der Waals surface area contributed by atoms with E-state index in [0.717, 1.165) is 6.54 Å². The lowest BCUT2D eigenvalue weighted by molar-refractivity contribution is -0.0416. The Morgan fingerprint density at radius 3 is 2.71 bits per heavy atom. The number of pyridine rings is 1. The number of fused-ring (bicyclic) bond motifs is 2. The van der Waals surface area contributed by atoms with Crippen LogP contribution in [-0.2, 0) is 9.47 Å². The predicted octanol–water partition coefficient (Wildman–Crippen LogP) is 5.83. The monoisotopic (exact) mass is 679 g/mol. The van der Waals surface area contributed by atoms with Gasteiger partial charge in [-0.15, -0.1) is 0 Å². The molecule has 0 spiro atoms. The third-order valence-electron chi connectivity index (χ3n) is 8.31. The van der Waals surface area contributed by atoms with Gasteiger partial charge >= 0.3 is 12.1 Å². The van der Waals surface area contributed by atoms with E-state index in [0.29, 0.717) is 47.2 Å². The Hall–Kier alpha value is -4.38. The van der Waals surface area contributed by atoms with Gasteiger partial charge in [0.25, 0.3) is 0 Å². The van der Waals surface area contributed by atoms with E-state index in [1.807, 2.05) is 11.9 Å². The van der Waals surface area contributed by atoms with Gasteiger partial charge in [0.2, 0.25) is 0 Å². The normalized spacial score (nSPS) is 19.0. The summed E-state index contributed by atoms with van der Waals surface area (Å²) >= 11 is 6.39. The first-order chi connectivity index (χ1) is 22.9. The molecule has 0 radical (unpaired) electrons. The minimum Gasteiger partial charge on any atom is -0.461 e. The van der Waals surface area contributed by atoms with Crippen molar-refractivity contribution in [2.45, 2.75) is 44.9 Å². The molecular formula is C34H36ClF2N7O4. The highest BCUT2D eigenvalue weighted by molar-refractivity contribution is 6.36. The molecule has 2 aromatic heterocycles. The number of ether oxygens (including phenoxy) is 3. The fourth-order valence-corrected chi connectivity index (χ4v) is 6.32. The summed E-state index contributed by atoms with van der Waals surface area (Å²) in [6.07, 6.45) is 0.759. The first-order valence-electron chi connectivity index (χ1n) is 15.7.